The molecule has 0 fully saturated rings. The Balaban J connectivity index is 0.000000222. The zero-order valence-electron chi connectivity index (χ0n) is 13.6. The molecule has 0 N–H and O–H groups in total. The lowest BCUT2D eigenvalue weighted by atomic mass is 10.0. The van der Waals surface area contributed by atoms with Gasteiger partial charge in [0.2, 0.25) is 0 Å². The van der Waals surface area contributed by atoms with Crippen molar-refractivity contribution in [2.75, 3.05) is 0 Å². The molecule has 2 aromatic carbocycles. The highest BCUT2D eigenvalue weighted by Crippen LogP contribution is 2.17. The third-order valence-corrected chi connectivity index (χ3v) is 3.41. The molecule has 112 valence electrons. The van der Waals surface area contributed by atoms with E-state index in [1.807, 2.05) is 12.1 Å². The Morgan fingerprint density at radius 1 is 0.857 bits per heavy atom. The fourth-order valence-corrected chi connectivity index (χ4v) is 2.21. The van der Waals surface area contributed by atoms with Crippen LogP contribution in [0.3, 0.4) is 0 Å². The summed E-state index contributed by atoms with van der Waals surface area (Å²) in [6.07, 6.45) is 8.45. The summed E-state index contributed by atoms with van der Waals surface area (Å²) < 4.78 is 0. The van der Waals surface area contributed by atoms with Crippen molar-refractivity contribution >= 4 is 0 Å². The van der Waals surface area contributed by atoms with Gasteiger partial charge in [-0.1, -0.05) is 99.5 Å². The molecule has 1 atom stereocenters. The molecule has 2 aromatic rings. The molecule has 0 heteroatoms. The summed E-state index contributed by atoms with van der Waals surface area (Å²) in [6, 6.07) is 20.8. The third-order valence-electron chi connectivity index (χ3n) is 3.41. The van der Waals surface area contributed by atoms with Gasteiger partial charge in [0.05, 0.1) is 0 Å². The minimum absolute atomic E-state index is 0.787. The van der Waals surface area contributed by atoms with Gasteiger partial charge in [-0.15, -0.1) is 0 Å². The van der Waals surface area contributed by atoms with E-state index in [9.17, 15) is 0 Å². The van der Waals surface area contributed by atoms with E-state index in [0.717, 1.165) is 5.92 Å². The normalized spacial score (nSPS) is 11.8. The zero-order valence-corrected chi connectivity index (χ0v) is 13.6. The second-order valence-corrected chi connectivity index (χ2v) is 5.38. The quantitative estimate of drug-likeness (QED) is 0.532. The number of unbranched alkanes of at least 4 members (excludes halogenated alkanes) is 1. The molecule has 0 bridgehead atoms. The molecule has 0 aliphatic rings. The first-order valence-electron chi connectivity index (χ1n) is 8.01. The van der Waals surface area contributed by atoms with Gasteiger partial charge in [0, 0.05) is 0 Å². The average molecular weight is 280 g/mol. The van der Waals surface area contributed by atoms with Crippen LogP contribution in [-0.4, -0.2) is 0 Å². The molecule has 2 rings (SSSR count). The van der Waals surface area contributed by atoms with Crippen LogP contribution in [0.15, 0.2) is 72.8 Å². The molecule has 0 radical (unpaired) electrons. The first kappa shape index (κ1) is 17.2. The number of hydrogen-bond donors (Lipinski definition) is 0. The van der Waals surface area contributed by atoms with Crippen molar-refractivity contribution < 1.29 is 0 Å². The van der Waals surface area contributed by atoms with Crippen molar-refractivity contribution in [2.24, 2.45) is 5.92 Å². The second kappa shape index (κ2) is 10.9. The Labute approximate surface area is 130 Å². The summed E-state index contributed by atoms with van der Waals surface area (Å²) in [7, 11) is 0. The molecular formula is C21H28. The summed E-state index contributed by atoms with van der Waals surface area (Å²) in [5, 5.41) is 0. The summed E-state index contributed by atoms with van der Waals surface area (Å²) >= 11 is 0. The predicted molar refractivity (Wildman–Crippen MR) is 95.4 cm³/mol. The summed E-state index contributed by atoms with van der Waals surface area (Å²) in [5.74, 6) is 0.787. The van der Waals surface area contributed by atoms with Gasteiger partial charge in [-0.2, -0.15) is 0 Å². The van der Waals surface area contributed by atoms with Crippen LogP contribution < -0.4 is 0 Å². The van der Waals surface area contributed by atoms with Gasteiger partial charge in [-0.25, -0.2) is 0 Å². The van der Waals surface area contributed by atoms with Crippen molar-refractivity contribution in [1.29, 1.82) is 0 Å². The highest BCUT2D eigenvalue weighted by Gasteiger charge is 1.93. The fraction of sp³-hybridized carbons (Fsp3) is 0.333. The summed E-state index contributed by atoms with van der Waals surface area (Å²) in [5.41, 5.74) is 2.55. The van der Waals surface area contributed by atoms with Gasteiger partial charge in [-0.3, -0.25) is 0 Å². The molecule has 0 aliphatic carbocycles. The SMILES string of the molecule is CC=CC(C)CCCC.c1ccc(-c2ccccc2)cc1. The Morgan fingerprint density at radius 3 is 1.71 bits per heavy atom. The first-order valence-corrected chi connectivity index (χ1v) is 8.01. The molecule has 21 heavy (non-hydrogen) atoms. The first-order chi connectivity index (χ1) is 10.3. The minimum atomic E-state index is 0.787. The van der Waals surface area contributed by atoms with Crippen LogP contribution in [0.5, 0.6) is 0 Å². The molecule has 0 heterocycles. The lowest BCUT2D eigenvalue weighted by molar-refractivity contribution is 0.598. The van der Waals surface area contributed by atoms with Crippen molar-refractivity contribution in [2.45, 2.75) is 40.0 Å². The smallest absolute Gasteiger partial charge is 0.0184 e. The van der Waals surface area contributed by atoms with Crippen molar-refractivity contribution in [1.82, 2.24) is 0 Å². The maximum atomic E-state index is 2.27. The molecule has 0 aliphatic heterocycles. The zero-order chi connectivity index (χ0) is 15.3. The summed E-state index contributed by atoms with van der Waals surface area (Å²) in [6.45, 7) is 6.60. The predicted octanol–water partition coefficient (Wildman–Crippen LogP) is 6.74. The van der Waals surface area contributed by atoms with Crippen molar-refractivity contribution in [3.63, 3.8) is 0 Å². The van der Waals surface area contributed by atoms with Crippen LogP contribution in [-0.2, 0) is 0 Å². The molecule has 0 spiro atoms. The Hall–Kier alpha value is -1.82. The highest BCUT2D eigenvalue weighted by molar-refractivity contribution is 5.62. The van der Waals surface area contributed by atoms with Crippen LogP contribution >= 0.6 is 0 Å². The van der Waals surface area contributed by atoms with Gasteiger partial charge in [0.1, 0.15) is 0 Å². The van der Waals surface area contributed by atoms with E-state index in [4.69, 9.17) is 0 Å². The van der Waals surface area contributed by atoms with E-state index in [-0.39, 0.29) is 0 Å². The molecule has 0 saturated carbocycles. The fourth-order valence-electron chi connectivity index (χ4n) is 2.21. The van der Waals surface area contributed by atoms with Gasteiger partial charge in [0.15, 0.2) is 0 Å². The van der Waals surface area contributed by atoms with Crippen LogP contribution in [0.1, 0.15) is 40.0 Å². The number of rotatable bonds is 5. The Morgan fingerprint density at radius 2 is 1.33 bits per heavy atom. The van der Waals surface area contributed by atoms with Crippen molar-refractivity contribution in [3.05, 3.63) is 72.8 Å². The molecule has 0 nitrogen and oxygen atoms in total. The van der Waals surface area contributed by atoms with Crippen LogP contribution in [0.25, 0.3) is 11.1 Å². The lowest BCUT2D eigenvalue weighted by Gasteiger charge is -2.02. The maximum Gasteiger partial charge on any atom is -0.0184 e. The average Bonchev–Trinajstić information content (AvgIpc) is 2.55. The number of allylic oxidation sites excluding steroid dienone is 2. The summed E-state index contributed by atoms with van der Waals surface area (Å²) in [4.78, 5) is 0. The molecule has 0 amide bonds. The lowest BCUT2D eigenvalue weighted by Crippen LogP contribution is -1.87. The number of benzene rings is 2. The largest absolute Gasteiger partial charge is 0.0914 e. The van der Waals surface area contributed by atoms with E-state index in [0.29, 0.717) is 0 Å². The standard InChI is InChI=1S/C12H10.C9H18/c1-3-7-11(8-4-1)12-9-5-2-6-10-12;1-4-6-8-9(3)7-5-2/h1-10H;5,7,9H,4,6,8H2,1-3H3. The van der Waals surface area contributed by atoms with E-state index >= 15 is 0 Å². The van der Waals surface area contributed by atoms with Crippen LogP contribution in [0.2, 0.25) is 0 Å². The van der Waals surface area contributed by atoms with Gasteiger partial charge < -0.3 is 0 Å². The van der Waals surface area contributed by atoms with Crippen molar-refractivity contribution in [3.8, 4) is 11.1 Å². The Kier molecular flexibility index (Phi) is 8.95. The Bertz CT molecular complexity index is 444. The van der Waals surface area contributed by atoms with E-state index in [1.54, 1.807) is 0 Å². The monoisotopic (exact) mass is 280 g/mol. The molecule has 1 unspecified atom stereocenters. The maximum absolute atomic E-state index is 2.27. The molecule has 0 aromatic heterocycles. The van der Waals surface area contributed by atoms with Crippen LogP contribution in [0.4, 0.5) is 0 Å². The van der Waals surface area contributed by atoms with Gasteiger partial charge >= 0.3 is 0 Å². The minimum Gasteiger partial charge on any atom is -0.0914 e. The topological polar surface area (TPSA) is 0 Å². The highest BCUT2D eigenvalue weighted by atomic mass is 14.0. The van der Waals surface area contributed by atoms with Crippen LogP contribution in [0, 0.1) is 5.92 Å². The van der Waals surface area contributed by atoms with E-state index in [1.165, 1.54) is 30.4 Å². The molecule has 0 saturated heterocycles. The number of hydrogen-bond acceptors (Lipinski definition) is 0. The molecular weight excluding hydrogens is 252 g/mol. The third kappa shape index (κ3) is 7.51. The second-order valence-electron chi connectivity index (χ2n) is 5.38. The van der Waals surface area contributed by atoms with E-state index < -0.39 is 0 Å². The van der Waals surface area contributed by atoms with Gasteiger partial charge in [-0.05, 0) is 30.4 Å². The van der Waals surface area contributed by atoms with Gasteiger partial charge in [0.25, 0.3) is 0 Å². The van der Waals surface area contributed by atoms with E-state index in [2.05, 4.69) is 81.5 Å².